The van der Waals surface area contributed by atoms with Crippen molar-refractivity contribution in [3.8, 4) is 5.69 Å². The number of aromatic nitrogens is 4. The number of amides is 2. The largest absolute Gasteiger partial charge is 0.332 e. The number of carbonyl (C=O) groups is 1. The van der Waals surface area contributed by atoms with Crippen LogP contribution in [0.3, 0.4) is 0 Å². The molecule has 25 heavy (non-hydrogen) atoms. The summed E-state index contributed by atoms with van der Waals surface area (Å²) in [6, 6.07) is 11.1. The van der Waals surface area contributed by atoms with E-state index in [4.69, 9.17) is 0 Å². The molecule has 0 saturated heterocycles. The van der Waals surface area contributed by atoms with Gasteiger partial charge in [0.05, 0.1) is 23.9 Å². The number of pyridine rings is 1. The van der Waals surface area contributed by atoms with Gasteiger partial charge in [-0.1, -0.05) is 11.3 Å². The quantitative estimate of drug-likeness (QED) is 0.592. The minimum absolute atomic E-state index is 0.297. The Morgan fingerprint density at radius 1 is 1.24 bits per heavy atom. The third-order valence-corrected chi connectivity index (χ3v) is 4.27. The highest BCUT2D eigenvalue weighted by Crippen LogP contribution is 2.17. The van der Waals surface area contributed by atoms with Gasteiger partial charge in [-0.25, -0.2) is 9.48 Å². The van der Waals surface area contributed by atoms with Crippen molar-refractivity contribution in [2.24, 2.45) is 0 Å². The molecule has 3 aromatic heterocycles. The molecule has 7 nitrogen and oxygen atoms in total. The summed E-state index contributed by atoms with van der Waals surface area (Å²) in [7, 11) is 0. The Bertz CT molecular complexity index is 1010. The lowest BCUT2D eigenvalue weighted by molar-refractivity contribution is 0.251. The zero-order chi connectivity index (χ0) is 17.1. The molecule has 0 saturated carbocycles. The molecular weight excluding hydrogens is 336 g/mol. The monoisotopic (exact) mass is 350 g/mol. The highest BCUT2D eigenvalue weighted by molar-refractivity contribution is 7.08. The van der Waals surface area contributed by atoms with Crippen molar-refractivity contribution in [2.75, 3.05) is 5.32 Å². The minimum atomic E-state index is -0.298. The molecule has 0 radical (unpaired) electrons. The Kier molecular flexibility index (Phi) is 4.09. The average Bonchev–Trinajstić information content (AvgIpc) is 3.31. The van der Waals surface area contributed by atoms with E-state index in [1.165, 1.54) is 0 Å². The molecule has 4 aromatic rings. The van der Waals surface area contributed by atoms with Crippen LogP contribution in [0.4, 0.5) is 10.5 Å². The van der Waals surface area contributed by atoms with Crippen LogP contribution in [0.2, 0.25) is 0 Å². The number of thiophene rings is 1. The van der Waals surface area contributed by atoms with Crippen molar-refractivity contribution in [1.29, 1.82) is 0 Å². The molecule has 2 amide bonds. The van der Waals surface area contributed by atoms with Crippen LogP contribution in [0.25, 0.3) is 16.6 Å². The second-order valence-corrected chi connectivity index (χ2v) is 6.13. The predicted molar refractivity (Wildman–Crippen MR) is 96.8 cm³/mol. The summed E-state index contributed by atoms with van der Waals surface area (Å²) in [6.07, 6.45) is 3.54. The first kappa shape index (κ1) is 15.3. The van der Waals surface area contributed by atoms with Gasteiger partial charge in [-0.2, -0.15) is 11.3 Å². The van der Waals surface area contributed by atoms with Crippen molar-refractivity contribution < 1.29 is 4.79 Å². The summed E-state index contributed by atoms with van der Waals surface area (Å²) in [5.41, 5.74) is 3.24. The van der Waals surface area contributed by atoms with E-state index in [0.717, 1.165) is 16.6 Å². The minimum Gasteiger partial charge on any atom is -0.332 e. The van der Waals surface area contributed by atoms with E-state index < -0.39 is 0 Å². The lowest BCUT2D eigenvalue weighted by Crippen LogP contribution is -2.28. The van der Waals surface area contributed by atoms with Crippen LogP contribution < -0.4 is 10.6 Å². The Morgan fingerprint density at radius 3 is 3.08 bits per heavy atom. The van der Waals surface area contributed by atoms with E-state index in [0.29, 0.717) is 17.9 Å². The van der Waals surface area contributed by atoms with Crippen LogP contribution in [-0.2, 0) is 6.54 Å². The lowest BCUT2D eigenvalue weighted by Gasteiger charge is -2.07. The molecule has 3 heterocycles. The normalized spacial score (nSPS) is 10.7. The van der Waals surface area contributed by atoms with Crippen LogP contribution in [0, 0.1) is 0 Å². The summed E-state index contributed by atoms with van der Waals surface area (Å²) in [6.45, 7) is 0.297. The zero-order valence-electron chi connectivity index (χ0n) is 13.1. The van der Waals surface area contributed by atoms with Gasteiger partial charge in [0.1, 0.15) is 5.69 Å². The van der Waals surface area contributed by atoms with Crippen molar-refractivity contribution in [2.45, 2.75) is 6.54 Å². The van der Waals surface area contributed by atoms with Gasteiger partial charge in [0.15, 0.2) is 0 Å². The summed E-state index contributed by atoms with van der Waals surface area (Å²) in [4.78, 5) is 16.3. The number of carbonyl (C=O) groups excluding carboxylic acids is 1. The molecule has 4 rings (SSSR count). The second kappa shape index (κ2) is 6.70. The molecule has 0 aliphatic rings. The Labute approximate surface area is 147 Å². The Hall–Kier alpha value is -3.26. The van der Waals surface area contributed by atoms with Crippen molar-refractivity contribution in [3.05, 3.63) is 65.2 Å². The van der Waals surface area contributed by atoms with Crippen LogP contribution >= 0.6 is 11.3 Å². The molecular formula is C17H14N6OS. The highest BCUT2D eigenvalue weighted by Gasteiger charge is 2.06. The van der Waals surface area contributed by atoms with Gasteiger partial charge in [0.2, 0.25) is 0 Å². The summed E-state index contributed by atoms with van der Waals surface area (Å²) in [5, 5.41) is 18.6. The smallest absolute Gasteiger partial charge is 0.319 e. The maximum Gasteiger partial charge on any atom is 0.319 e. The summed E-state index contributed by atoms with van der Waals surface area (Å²) in [5.74, 6) is 0. The van der Waals surface area contributed by atoms with Gasteiger partial charge in [-0.15, -0.1) is 5.10 Å². The number of rotatable bonds is 4. The molecule has 2 N–H and O–H groups in total. The van der Waals surface area contributed by atoms with Crippen molar-refractivity contribution in [1.82, 2.24) is 25.3 Å². The molecule has 0 aliphatic heterocycles. The van der Waals surface area contributed by atoms with E-state index in [1.807, 2.05) is 47.2 Å². The van der Waals surface area contributed by atoms with Crippen LogP contribution in [0.1, 0.15) is 5.69 Å². The van der Waals surface area contributed by atoms with E-state index >= 15 is 0 Å². The number of nitrogens with zero attached hydrogens (tertiary/aromatic N) is 4. The van der Waals surface area contributed by atoms with Gasteiger partial charge in [-0.3, -0.25) is 4.98 Å². The number of fused-ring (bicyclic) bond motifs is 1. The van der Waals surface area contributed by atoms with Gasteiger partial charge in [-0.05, 0) is 35.7 Å². The van der Waals surface area contributed by atoms with E-state index in [1.54, 1.807) is 28.4 Å². The van der Waals surface area contributed by atoms with Crippen molar-refractivity contribution >= 4 is 34.0 Å². The number of hydrogen-bond donors (Lipinski definition) is 2. The first-order chi connectivity index (χ1) is 12.3. The number of nitrogens with one attached hydrogen (secondary N) is 2. The molecule has 0 spiro atoms. The fourth-order valence-corrected chi connectivity index (χ4v) is 3.02. The third kappa shape index (κ3) is 3.48. The molecule has 1 aromatic carbocycles. The molecule has 0 atom stereocenters. The van der Waals surface area contributed by atoms with E-state index in [-0.39, 0.29) is 6.03 Å². The second-order valence-electron chi connectivity index (χ2n) is 5.35. The topological polar surface area (TPSA) is 84.7 Å². The third-order valence-electron chi connectivity index (χ3n) is 3.60. The SMILES string of the molecule is O=C(NCc1cn(-c2ccsc2)nn1)Nc1ccc2ncccc2c1. The first-order valence-corrected chi connectivity index (χ1v) is 8.56. The summed E-state index contributed by atoms with van der Waals surface area (Å²) < 4.78 is 1.68. The number of urea groups is 1. The average molecular weight is 350 g/mol. The predicted octanol–water partition coefficient (Wildman–Crippen LogP) is 3.20. The first-order valence-electron chi connectivity index (χ1n) is 7.61. The standard InChI is InChI=1S/C17H14N6OS/c24-17(20-13-3-4-16-12(8-13)2-1-6-18-16)19-9-14-10-23(22-21-14)15-5-7-25-11-15/h1-8,10-11H,9H2,(H2,19,20,24). The van der Waals surface area contributed by atoms with Crippen molar-refractivity contribution in [3.63, 3.8) is 0 Å². The van der Waals surface area contributed by atoms with Gasteiger partial charge in [0, 0.05) is 22.7 Å². The Morgan fingerprint density at radius 2 is 2.20 bits per heavy atom. The highest BCUT2D eigenvalue weighted by atomic mass is 32.1. The van der Waals surface area contributed by atoms with E-state index in [9.17, 15) is 4.79 Å². The molecule has 124 valence electrons. The molecule has 0 bridgehead atoms. The molecule has 0 aliphatic carbocycles. The number of hydrogen-bond acceptors (Lipinski definition) is 5. The maximum atomic E-state index is 12.1. The van der Waals surface area contributed by atoms with Gasteiger partial charge in [0.25, 0.3) is 0 Å². The Balaban J connectivity index is 1.37. The molecule has 8 heteroatoms. The number of benzene rings is 1. The zero-order valence-corrected chi connectivity index (χ0v) is 13.9. The maximum absolute atomic E-state index is 12.1. The van der Waals surface area contributed by atoms with Crippen LogP contribution in [-0.4, -0.2) is 26.0 Å². The van der Waals surface area contributed by atoms with E-state index in [2.05, 4.69) is 25.9 Å². The fourth-order valence-electron chi connectivity index (χ4n) is 2.39. The summed E-state index contributed by atoms with van der Waals surface area (Å²) >= 11 is 1.59. The van der Waals surface area contributed by atoms with Gasteiger partial charge < -0.3 is 10.6 Å². The van der Waals surface area contributed by atoms with Crippen LogP contribution in [0.5, 0.6) is 0 Å². The number of anilines is 1. The van der Waals surface area contributed by atoms with Gasteiger partial charge >= 0.3 is 6.03 Å². The molecule has 0 unspecified atom stereocenters. The lowest BCUT2D eigenvalue weighted by atomic mass is 10.2. The molecule has 0 fully saturated rings. The van der Waals surface area contributed by atoms with Crippen LogP contribution in [0.15, 0.2) is 59.6 Å². The fraction of sp³-hybridized carbons (Fsp3) is 0.0588.